The molecule has 2 aromatic carbocycles. The van der Waals surface area contributed by atoms with Crippen molar-refractivity contribution in [2.24, 2.45) is 0 Å². The lowest BCUT2D eigenvalue weighted by Crippen LogP contribution is -2.29. The van der Waals surface area contributed by atoms with Crippen LogP contribution in [-0.2, 0) is 0 Å². The van der Waals surface area contributed by atoms with Gasteiger partial charge in [-0.25, -0.2) is 4.98 Å². The Balaban J connectivity index is 1.26. The molecule has 6 rings (SSSR count). The fourth-order valence-corrected chi connectivity index (χ4v) is 4.97. The Morgan fingerprint density at radius 2 is 1.72 bits per heavy atom. The highest BCUT2D eigenvalue weighted by Gasteiger charge is 2.12. The second-order valence-corrected chi connectivity index (χ2v) is 8.96. The smallest absolute Gasteiger partial charge is 0.229 e. The van der Waals surface area contributed by atoms with Crippen molar-refractivity contribution >= 4 is 61.3 Å². The number of hydrogen-bond donors (Lipinski definition) is 3. The summed E-state index contributed by atoms with van der Waals surface area (Å²) in [6, 6.07) is 16.7. The number of aromatic amines is 1. The van der Waals surface area contributed by atoms with Gasteiger partial charge in [0.1, 0.15) is 0 Å². The number of thiophene rings is 1. The van der Waals surface area contributed by atoms with Crippen LogP contribution in [0.3, 0.4) is 0 Å². The first-order valence-corrected chi connectivity index (χ1v) is 11.8. The van der Waals surface area contributed by atoms with E-state index in [-0.39, 0.29) is 0 Å². The largest absolute Gasteiger partial charge is 0.372 e. The van der Waals surface area contributed by atoms with E-state index < -0.39 is 0 Å². The predicted molar refractivity (Wildman–Crippen MR) is 133 cm³/mol. The van der Waals surface area contributed by atoms with Crippen molar-refractivity contribution in [1.29, 1.82) is 0 Å². The van der Waals surface area contributed by atoms with Gasteiger partial charge in [0.05, 0.1) is 21.9 Å². The molecular formula is C24H23N7S. The van der Waals surface area contributed by atoms with Gasteiger partial charge in [0.2, 0.25) is 5.95 Å². The van der Waals surface area contributed by atoms with E-state index in [1.54, 1.807) is 11.3 Å². The van der Waals surface area contributed by atoms with Gasteiger partial charge in [-0.2, -0.15) is 10.1 Å². The standard InChI is InChI=1S/C24H23N7S/c1-2-11-31(12-3-1)19-7-4-17(5-8-19)27-24-28-21-10-13-32-22(21)23(29-24)26-18-6-9-20-16(14-18)15-25-30-20/h4-10,13-15H,1-3,11-12H2,(H,25,30)(H2,26,27,28,29). The summed E-state index contributed by atoms with van der Waals surface area (Å²) in [7, 11) is 0. The van der Waals surface area contributed by atoms with Crippen LogP contribution in [0.5, 0.6) is 0 Å². The SMILES string of the molecule is c1cc2nc(Nc3ccc(N4CCCCC4)cc3)nc(Nc3ccc4[nH]ncc4c3)c2s1. The summed E-state index contributed by atoms with van der Waals surface area (Å²) in [5.74, 6) is 1.37. The zero-order valence-electron chi connectivity index (χ0n) is 17.5. The fourth-order valence-electron chi connectivity index (χ4n) is 4.20. The van der Waals surface area contributed by atoms with Crippen molar-refractivity contribution in [2.75, 3.05) is 28.6 Å². The molecule has 1 fully saturated rings. The van der Waals surface area contributed by atoms with Gasteiger partial charge in [0.15, 0.2) is 5.82 Å². The lowest BCUT2D eigenvalue weighted by atomic mass is 10.1. The van der Waals surface area contributed by atoms with Crippen LogP contribution in [0.4, 0.5) is 28.8 Å². The van der Waals surface area contributed by atoms with E-state index in [0.29, 0.717) is 5.95 Å². The minimum absolute atomic E-state index is 0.577. The van der Waals surface area contributed by atoms with E-state index in [4.69, 9.17) is 9.97 Å². The quantitative estimate of drug-likeness (QED) is 0.308. The minimum atomic E-state index is 0.577. The molecule has 0 atom stereocenters. The Labute approximate surface area is 189 Å². The topological polar surface area (TPSA) is 81.8 Å². The third-order valence-corrected chi connectivity index (χ3v) is 6.76. The van der Waals surface area contributed by atoms with E-state index in [1.165, 1.54) is 24.9 Å². The Hall–Kier alpha value is -3.65. The fraction of sp³-hybridized carbons (Fsp3) is 0.208. The van der Waals surface area contributed by atoms with E-state index >= 15 is 0 Å². The number of rotatable bonds is 5. The highest BCUT2D eigenvalue weighted by Crippen LogP contribution is 2.31. The molecule has 3 N–H and O–H groups in total. The van der Waals surface area contributed by atoms with E-state index in [9.17, 15) is 0 Å². The summed E-state index contributed by atoms with van der Waals surface area (Å²) in [6.07, 6.45) is 5.71. The molecule has 8 heteroatoms. The molecule has 0 radical (unpaired) electrons. The summed E-state index contributed by atoms with van der Waals surface area (Å²) >= 11 is 1.63. The van der Waals surface area contributed by atoms with Crippen LogP contribution in [0.1, 0.15) is 19.3 Å². The number of benzene rings is 2. The molecule has 7 nitrogen and oxygen atoms in total. The van der Waals surface area contributed by atoms with Crippen molar-refractivity contribution in [2.45, 2.75) is 19.3 Å². The van der Waals surface area contributed by atoms with Crippen molar-refractivity contribution < 1.29 is 0 Å². The average Bonchev–Trinajstić information content (AvgIpc) is 3.49. The molecule has 32 heavy (non-hydrogen) atoms. The Bertz CT molecular complexity index is 1370. The normalized spacial score (nSPS) is 14.2. The van der Waals surface area contributed by atoms with Crippen LogP contribution < -0.4 is 15.5 Å². The first kappa shape index (κ1) is 19.1. The Kier molecular flexibility index (Phi) is 4.84. The van der Waals surface area contributed by atoms with Crippen LogP contribution in [-0.4, -0.2) is 33.3 Å². The molecule has 0 saturated carbocycles. The monoisotopic (exact) mass is 441 g/mol. The summed E-state index contributed by atoms with van der Waals surface area (Å²) in [6.45, 7) is 2.29. The van der Waals surface area contributed by atoms with Crippen LogP contribution in [0.15, 0.2) is 60.1 Å². The van der Waals surface area contributed by atoms with E-state index in [0.717, 1.165) is 51.4 Å². The Morgan fingerprint density at radius 1 is 0.875 bits per heavy atom. The molecule has 5 aromatic rings. The molecule has 4 heterocycles. The number of hydrogen-bond acceptors (Lipinski definition) is 7. The van der Waals surface area contributed by atoms with Gasteiger partial charge in [0.25, 0.3) is 0 Å². The van der Waals surface area contributed by atoms with Gasteiger partial charge in [-0.3, -0.25) is 5.10 Å². The number of H-pyrrole nitrogens is 1. The third-order valence-electron chi connectivity index (χ3n) is 5.85. The number of nitrogens with one attached hydrogen (secondary N) is 3. The van der Waals surface area contributed by atoms with Crippen LogP contribution in [0.25, 0.3) is 21.1 Å². The predicted octanol–water partition coefficient (Wildman–Crippen LogP) is 6.05. The zero-order chi connectivity index (χ0) is 21.3. The molecule has 1 aliphatic rings. The average molecular weight is 442 g/mol. The summed E-state index contributed by atoms with van der Waals surface area (Å²) < 4.78 is 1.03. The maximum absolute atomic E-state index is 4.79. The second-order valence-electron chi connectivity index (χ2n) is 8.05. The Morgan fingerprint density at radius 3 is 2.59 bits per heavy atom. The maximum atomic E-state index is 4.79. The highest BCUT2D eigenvalue weighted by molar-refractivity contribution is 7.17. The number of fused-ring (bicyclic) bond motifs is 2. The molecule has 0 unspecified atom stereocenters. The third kappa shape index (κ3) is 3.73. The van der Waals surface area contributed by atoms with Crippen LogP contribution in [0, 0.1) is 0 Å². The molecule has 1 aliphatic heterocycles. The molecule has 160 valence electrons. The van der Waals surface area contributed by atoms with Crippen molar-refractivity contribution in [1.82, 2.24) is 20.2 Å². The number of piperidine rings is 1. The summed E-state index contributed by atoms with van der Waals surface area (Å²) in [5, 5.41) is 17.0. The lowest BCUT2D eigenvalue weighted by Gasteiger charge is -2.28. The van der Waals surface area contributed by atoms with Gasteiger partial charge in [-0.15, -0.1) is 11.3 Å². The van der Waals surface area contributed by atoms with Crippen LogP contribution in [0.2, 0.25) is 0 Å². The summed E-state index contributed by atoms with van der Waals surface area (Å²) in [5.41, 5.74) is 5.15. The molecule has 1 saturated heterocycles. The van der Waals surface area contributed by atoms with Crippen molar-refractivity contribution in [3.63, 3.8) is 0 Å². The van der Waals surface area contributed by atoms with Gasteiger partial charge in [-0.05, 0) is 73.2 Å². The maximum Gasteiger partial charge on any atom is 0.229 e. The van der Waals surface area contributed by atoms with E-state index in [2.05, 4.69) is 56.1 Å². The van der Waals surface area contributed by atoms with E-state index in [1.807, 2.05) is 29.8 Å². The van der Waals surface area contributed by atoms with Gasteiger partial charge in [0, 0.05) is 35.5 Å². The number of anilines is 5. The molecule has 0 spiro atoms. The molecule has 0 aliphatic carbocycles. The first-order chi connectivity index (χ1) is 15.8. The van der Waals surface area contributed by atoms with Crippen molar-refractivity contribution in [3.8, 4) is 0 Å². The second kappa shape index (κ2) is 8.12. The highest BCUT2D eigenvalue weighted by atomic mass is 32.1. The molecule has 3 aromatic heterocycles. The molecular weight excluding hydrogens is 418 g/mol. The number of aromatic nitrogens is 4. The van der Waals surface area contributed by atoms with Gasteiger partial charge < -0.3 is 15.5 Å². The lowest BCUT2D eigenvalue weighted by molar-refractivity contribution is 0.578. The van der Waals surface area contributed by atoms with Gasteiger partial charge >= 0.3 is 0 Å². The molecule has 0 amide bonds. The van der Waals surface area contributed by atoms with Crippen LogP contribution >= 0.6 is 11.3 Å². The zero-order valence-corrected chi connectivity index (χ0v) is 18.3. The molecule has 0 bridgehead atoms. The van der Waals surface area contributed by atoms with Crippen molar-refractivity contribution in [3.05, 3.63) is 60.1 Å². The minimum Gasteiger partial charge on any atom is -0.372 e. The summed E-state index contributed by atoms with van der Waals surface area (Å²) in [4.78, 5) is 12.0. The number of nitrogens with zero attached hydrogens (tertiary/aromatic N) is 4. The van der Waals surface area contributed by atoms with Gasteiger partial charge in [-0.1, -0.05) is 0 Å². The first-order valence-electron chi connectivity index (χ1n) is 10.9.